The summed E-state index contributed by atoms with van der Waals surface area (Å²) in [4.78, 5) is 16.9. The number of unbranched alkanes of at least 4 members (excludes halogenated alkanes) is 1. The summed E-state index contributed by atoms with van der Waals surface area (Å²) in [5, 5.41) is 3.36. The fraction of sp³-hybridized carbons (Fsp3) is 0.217. The Morgan fingerprint density at radius 1 is 1.14 bits per heavy atom. The predicted octanol–water partition coefficient (Wildman–Crippen LogP) is 6.01. The lowest BCUT2D eigenvalue weighted by Gasteiger charge is -2.11. The van der Waals surface area contributed by atoms with Gasteiger partial charge in [-0.25, -0.2) is 0 Å². The number of methoxy groups -OCH3 is 1. The van der Waals surface area contributed by atoms with Gasteiger partial charge in [0.05, 0.1) is 12.1 Å². The maximum absolute atomic E-state index is 12.6. The molecule has 0 saturated carbocycles. The number of rotatable bonds is 7. The average molecular weight is 395 g/mol. The molecule has 0 aliphatic heterocycles. The van der Waals surface area contributed by atoms with E-state index in [1.54, 1.807) is 37.6 Å². The monoisotopic (exact) mass is 394 g/mol. The number of carbonyl (C=O) groups excluding carboxylic acids is 1. The summed E-state index contributed by atoms with van der Waals surface area (Å²) in [7, 11) is 1.59. The molecule has 3 rings (SSSR count). The van der Waals surface area contributed by atoms with Crippen LogP contribution in [-0.4, -0.2) is 18.0 Å². The van der Waals surface area contributed by atoms with Crippen LogP contribution in [0.25, 0.3) is 11.3 Å². The highest BCUT2D eigenvalue weighted by molar-refractivity contribution is 6.33. The smallest absolute Gasteiger partial charge is 0.255 e. The summed E-state index contributed by atoms with van der Waals surface area (Å²) < 4.78 is 5.35. The van der Waals surface area contributed by atoms with E-state index in [0.717, 1.165) is 24.1 Å². The van der Waals surface area contributed by atoms with E-state index >= 15 is 0 Å². The highest BCUT2D eigenvalue weighted by atomic mass is 35.5. The molecule has 0 aliphatic rings. The second-order valence-electron chi connectivity index (χ2n) is 6.50. The first-order valence-corrected chi connectivity index (χ1v) is 9.69. The Bertz CT molecular complexity index is 955. The summed E-state index contributed by atoms with van der Waals surface area (Å²) in [6.07, 6.45) is 5.06. The number of halogens is 1. The highest BCUT2D eigenvalue weighted by Crippen LogP contribution is 2.33. The number of ether oxygens (including phenoxy) is 1. The van der Waals surface area contributed by atoms with Gasteiger partial charge in [0.25, 0.3) is 5.91 Å². The zero-order valence-corrected chi connectivity index (χ0v) is 16.8. The molecule has 144 valence electrons. The van der Waals surface area contributed by atoms with Gasteiger partial charge in [-0.3, -0.25) is 9.78 Å². The van der Waals surface area contributed by atoms with E-state index in [2.05, 4.69) is 29.4 Å². The Morgan fingerprint density at radius 2 is 1.93 bits per heavy atom. The molecular formula is C23H23ClN2O2. The molecule has 0 unspecified atom stereocenters. The zero-order valence-electron chi connectivity index (χ0n) is 16.0. The van der Waals surface area contributed by atoms with Gasteiger partial charge in [-0.2, -0.15) is 0 Å². The molecule has 0 spiro atoms. The molecule has 0 atom stereocenters. The topological polar surface area (TPSA) is 51.2 Å². The lowest BCUT2D eigenvalue weighted by atomic mass is 10.1. The van der Waals surface area contributed by atoms with Crippen LogP contribution >= 0.6 is 11.6 Å². The summed E-state index contributed by atoms with van der Waals surface area (Å²) >= 11 is 6.43. The number of amides is 1. The molecule has 1 N–H and O–H groups in total. The maximum atomic E-state index is 12.6. The van der Waals surface area contributed by atoms with E-state index in [4.69, 9.17) is 16.3 Å². The summed E-state index contributed by atoms with van der Waals surface area (Å²) in [5.41, 5.74) is 3.88. The molecule has 4 nitrogen and oxygen atoms in total. The summed E-state index contributed by atoms with van der Waals surface area (Å²) in [6, 6.07) is 16.7. The fourth-order valence-electron chi connectivity index (χ4n) is 2.94. The molecular weight excluding hydrogens is 372 g/mol. The lowest BCUT2D eigenvalue weighted by Crippen LogP contribution is -2.12. The van der Waals surface area contributed by atoms with E-state index in [1.807, 2.05) is 18.2 Å². The van der Waals surface area contributed by atoms with Crippen LogP contribution in [0.1, 0.15) is 35.7 Å². The molecule has 0 aliphatic carbocycles. The third kappa shape index (κ3) is 4.70. The van der Waals surface area contributed by atoms with Crippen LogP contribution in [0.15, 0.2) is 60.8 Å². The Morgan fingerprint density at radius 3 is 2.61 bits per heavy atom. The number of aromatic nitrogens is 1. The van der Waals surface area contributed by atoms with Crippen molar-refractivity contribution in [2.75, 3.05) is 12.4 Å². The number of pyridine rings is 1. The van der Waals surface area contributed by atoms with E-state index < -0.39 is 0 Å². The van der Waals surface area contributed by atoms with Crippen molar-refractivity contribution >= 4 is 23.2 Å². The van der Waals surface area contributed by atoms with Crippen molar-refractivity contribution in [2.45, 2.75) is 26.2 Å². The van der Waals surface area contributed by atoms with E-state index in [1.165, 1.54) is 12.0 Å². The minimum atomic E-state index is -0.206. The number of benzene rings is 2. The Labute approximate surface area is 170 Å². The van der Waals surface area contributed by atoms with Gasteiger partial charge in [-0.1, -0.05) is 43.1 Å². The first-order chi connectivity index (χ1) is 13.6. The van der Waals surface area contributed by atoms with Gasteiger partial charge in [0.15, 0.2) is 0 Å². The van der Waals surface area contributed by atoms with Crippen LogP contribution in [0.3, 0.4) is 0 Å². The van der Waals surface area contributed by atoms with Crippen LogP contribution in [0, 0.1) is 0 Å². The fourth-order valence-corrected chi connectivity index (χ4v) is 3.21. The van der Waals surface area contributed by atoms with Gasteiger partial charge in [0.1, 0.15) is 11.4 Å². The first kappa shape index (κ1) is 19.9. The van der Waals surface area contributed by atoms with Crippen LogP contribution in [0.5, 0.6) is 5.75 Å². The Hall–Kier alpha value is -2.85. The van der Waals surface area contributed by atoms with Crippen LogP contribution in [0.2, 0.25) is 5.02 Å². The number of aryl methyl sites for hydroxylation is 1. The highest BCUT2D eigenvalue weighted by Gasteiger charge is 2.14. The van der Waals surface area contributed by atoms with Crippen molar-refractivity contribution in [3.05, 3.63) is 76.9 Å². The number of hydrogen-bond acceptors (Lipinski definition) is 3. The minimum Gasteiger partial charge on any atom is -0.494 e. The molecule has 0 radical (unpaired) electrons. The molecule has 0 bridgehead atoms. The zero-order chi connectivity index (χ0) is 19.9. The van der Waals surface area contributed by atoms with Crippen LogP contribution < -0.4 is 10.1 Å². The van der Waals surface area contributed by atoms with Gasteiger partial charge < -0.3 is 10.1 Å². The van der Waals surface area contributed by atoms with Crippen LogP contribution in [0.4, 0.5) is 5.69 Å². The molecule has 3 aromatic rings. The van der Waals surface area contributed by atoms with Crippen molar-refractivity contribution in [3.8, 4) is 17.0 Å². The van der Waals surface area contributed by atoms with E-state index in [0.29, 0.717) is 22.0 Å². The van der Waals surface area contributed by atoms with Crippen molar-refractivity contribution in [1.82, 2.24) is 4.98 Å². The Balaban J connectivity index is 1.75. The molecule has 1 amide bonds. The maximum Gasteiger partial charge on any atom is 0.255 e. The molecule has 2 aromatic carbocycles. The molecule has 28 heavy (non-hydrogen) atoms. The van der Waals surface area contributed by atoms with Crippen molar-refractivity contribution < 1.29 is 9.53 Å². The van der Waals surface area contributed by atoms with E-state index in [-0.39, 0.29) is 5.91 Å². The Kier molecular flexibility index (Phi) is 6.66. The quantitative estimate of drug-likeness (QED) is 0.534. The van der Waals surface area contributed by atoms with Crippen LogP contribution in [-0.2, 0) is 6.42 Å². The SMILES string of the molecule is CCCCc1ccc(NC(=O)c2ccc(-c3ncccc3OC)c(Cl)c2)cc1. The summed E-state index contributed by atoms with van der Waals surface area (Å²) in [6.45, 7) is 2.18. The molecule has 5 heteroatoms. The standard InChI is InChI=1S/C23H23ClN2O2/c1-3-4-6-16-8-11-18(12-9-16)26-23(27)17-10-13-19(20(24)15-17)22-21(28-2)7-5-14-25-22/h5,7-15H,3-4,6H2,1-2H3,(H,26,27). The third-order valence-corrected chi connectivity index (χ3v) is 4.82. The van der Waals surface area contributed by atoms with Crippen molar-refractivity contribution in [3.63, 3.8) is 0 Å². The lowest BCUT2D eigenvalue weighted by molar-refractivity contribution is 0.102. The minimum absolute atomic E-state index is 0.206. The first-order valence-electron chi connectivity index (χ1n) is 9.31. The number of hydrogen-bond donors (Lipinski definition) is 1. The normalized spacial score (nSPS) is 10.5. The van der Waals surface area contributed by atoms with Gasteiger partial charge in [-0.15, -0.1) is 0 Å². The molecule has 0 saturated heterocycles. The number of carbonyl (C=O) groups is 1. The number of nitrogens with zero attached hydrogens (tertiary/aromatic N) is 1. The largest absolute Gasteiger partial charge is 0.494 e. The third-order valence-electron chi connectivity index (χ3n) is 4.51. The van der Waals surface area contributed by atoms with Gasteiger partial charge in [-0.05, 0) is 54.8 Å². The second-order valence-corrected chi connectivity index (χ2v) is 6.91. The molecule has 1 heterocycles. The molecule has 0 fully saturated rings. The predicted molar refractivity (Wildman–Crippen MR) is 114 cm³/mol. The number of anilines is 1. The summed E-state index contributed by atoms with van der Waals surface area (Å²) in [5.74, 6) is 0.424. The van der Waals surface area contributed by atoms with Crippen molar-refractivity contribution in [2.24, 2.45) is 0 Å². The van der Waals surface area contributed by atoms with Gasteiger partial charge in [0.2, 0.25) is 0 Å². The molecule has 1 aromatic heterocycles. The number of nitrogens with one attached hydrogen (secondary N) is 1. The van der Waals surface area contributed by atoms with E-state index in [9.17, 15) is 4.79 Å². The van der Waals surface area contributed by atoms with Crippen molar-refractivity contribution in [1.29, 1.82) is 0 Å². The second kappa shape index (κ2) is 9.38. The van der Waals surface area contributed by atoms with Gasteiger partial charge in [0, 0.05) is 23.0 Å². The average Bonchev–Trinajstić information content (AvgIpc) is 2.73. The van der Waals surface area contributed by atoms with Gasteiger partial charge >= 0.3 is 0 Å².